The highest BCUT2D eigenvalue weighted by molar-refractivity contribution is 6.24. The number of methoxy groups -OCH3 is 1. The summed E-state index contributed by atoms with van der Waals surface area (Å²) in [5.41, 5.74) is -2.55. The predicted octanol–water partition coefficient (Wildman–Crippen LogP) is 6.99. The van der Waals surface area contributed by atoms with E-state index in [4.69, 9.17) is 4.74 Å². The van der Waals surface area contributed by atoms with Gasteiger partial charge in [-0.3, -0.25) is 14.4 Å². The molecule has 6 rings (SSSR count). The van der Waals surface area contributed by atoms with Crippen LogP contribution in [-0.2, 0) is 27.2 Å². The number of hydrogen-bond donors (Lipinski definition) is 4. The van der Waals surface area contributed by atoms with Gasteiger partial charge in [0.1, 0.15) is 28.6 Å². The number of ketones is 3. The van der Waals surface area contributed by atoms with Gasteiger partial charge in [-0.25, -0.2) is 0 Å². The average Bonchev–Trinajstić information content (AvgIpc) is 2.99. The normalized spacial score (nSPS) is 29.5. The number of fused-ring (bicyclic) bond motifs is 3. The molecule has 0 radical (unpaired) electrons. The molecule has 0 heterocycles. The van der Waals surface area contributed by atoms with Gasteiger partial charge in [0.05, 0.1) is 12.7 Å². The summed E-state index contributed by atoms with van der Waals surface area (Å²) < 4.78 is 5.81. The molecule has 4 aliphatic carbocycles. The van der Waals surface area contributed by atoms with E-state index in [0.29, 0.717) is 17.2 Å². The Morgan fingerprint density at radius 3 is 2.30 bits per heavy atom. The lowest BCUT2D eigenvalue weighted by Gasteiger charge is -2.59. The van der Waals surface area contributed by atoms with Crippen molar-refractivity contribution in [1.82, 2.24) is 0 Å². The van der Waals surface area contributed by atoms with E-state index in [0.717, 1.165) is 24.5 Å². The Bertz CT molecular complexity index is 1760. The maximum absolute atomic E-state index is 14.6. The summed E-state index contributed by atoms with van der Waals surface area (Å²) in [5, 5.41) is 46.8. The Morgan fingerprint density at radius 1 is 1.00 bits per heavy atom. The molecule has 4 aliphatic rings. The van der Waals surface area contributed by atoms with E-state index >= 15 is 0 Å². The highest BCUT2D eigenvalue weighted by atomic mass is 16.5. The maximum atomic E-state index is 14.6. The summed E-state index contributed by atoms with van der Waals surface area (Å²) in [4.78, 5) is 41.1. The number of aromatic hydroxyl groups is 1. The highest BCUT2D eigenvalue weighted by Gasteiger charge is 2.72. The van der Waals surface area contributed by atoms with Crippen LogP contribution in [0.4, 0.5) is 0 Å². The monoisotopic (exact) mass is 642 g/mol. The smallest absolute Gasteiger partial charge is 0.203 e. The summed E-state index contributed by atoms with van der Waals surface area (Å²) in [5.74, 6) is -4.10. The summed E-state index contributed by atoms with van der Waals surface area (Å²) in [6.45, 7) is 8.15. The SMILES string of the molecule is COc1ccc(CC2CCCCC2)cc1-c1ccc(O)c2c1C[C@]1(C)C[C@]3(C)C(C(C)C)C(=O)C(C(C)=O)=C(O)[C@]3(O)C(=O)C1=C2O. The lowest BCUT2D eigenvalue weighted by atomic mass is 9.43. The molecule has 250 valence electrons. The van der Waals surface area contributed by atoms with Gasteiger partial charge in [0.15, 0.2) is 17.2 Å². The quantitative estimate of drug-likeness (QED) is 0.247. The standard InChI is InChI=1S/C39H46O8/c1-20(2)31-33(42)29(21(3)40)35(44)39(46)36(45)32-34(43)30-26(18-37(32,4)19-38(31,39)5)24(13-14-27(30)41)25-17-23(12-15-28(25)47-6)16-22-10-8-7-9-11-22/h12-15,17,20,22,31,41,43-44,46H,7-11,16,18-19H2,1-6H3/t31?,37-,38-,39+/m1/s1. The molecule has 0 aromatic heterocycles. The molecule has 0 saturated heterocycles. The zero-order valence-corrected chi connectivity index (χ0v) is 28.2. The maximum Gasteiger partial charge on any atom is 0.203 e. The zero-order chi connectivity index (χ0) is 34.2. The number of allylic oxidation sites excluding steroid dienone is 1. The summed E-state index contributed by atoms with van der Waals surface area (Å²) in [6, 6.07) is 9.43. The van der Waals surface area contributed by atoms with Gasteiger partial charge >= 0.3 is 0 Å². The fourth-order valence-electron chi connectivity index (χ4n) is 9.79. The molecule has 1 unspecified atom stereocenters. The van der Waals surface area contributed by atoms with Gasteiger partial charge in [0.2, 0.25) is 5.78 Å². The Morgan fingerprint density at radius 2 is 1.68 bits per heavy atom. The number of phenolic OH excluding ortho intramolecular Hbond substituents is 1. The first-order valence-corrected chi connectivity index (χ1v) is 16.8. The minimum atomic E-state index is -2.64. The number of carbonyl (C=O) groups is 3. The number of aliphatic hydroxyl groups excluding tert-OH is 2. The molecule has 0 aliphatic heterocycles. The number of rotatable bonds is 6. The van der Waals surface area contributed by atoms with Crippen LogP contribution in [0.5, 0.6) is 11.5 Å². The molecule has 8 heteroatoms. The Labute approximate surface area is 276 Å². The van der Waals surface area contributed by atoms with E-state index in [2.05, 4.69) is 12.1 Å². The van der Waals surface area contributed by atoms with Crippen molar-refractivity contribution in [2.75, 3.05) is 7.11 Å². The fourth-order valence-corrected chi connectivity index (χ4v) is 9.79. The number of aliphatic hydroxyl groups is 3. The average molecular weight is 643 g/mol. The third-order valence-corrected chi connectivity index (χ3v) is 11.7. The van der Waals surface area contributed by atoms with Crippen molar-refractivity contribution in [3.63, 3.8) is 0 Å². The Kier molecular flexibility index (Phi) is 7.98. The van der Waals surface area contributed by atoms with Crippen LogP contribution >= 0.6 is 0 Å². The van der Waals surface area contributed by atoms with Crippen LogP contribution in [0.1, 0.15) is 89.8 Å². The van der Waals surface area contributed by atoms with Gasteiger partial charge in [-0.2, -0.15) is 0 Å². The van der Waals surface area contributed by atoms with Crippen molar-refractivity contribution in [2.45, 2.75) is 91.6 Å². The van der Waals surface area contributed by atoms with Crippen molar-refractivity contribution in [3.8, 4) is 22.6 Å². The van der Waals surface area contributed by atoms with Crippen molar-refractivity contribution in [3.05, 3.63) is 63.9 Å². The molecule has 8 nitrogen and oxygen atoms in total. The van der Waals surface area contributed by atoms with Crippen LogP contribution < -0.4 is 4.74 Å². The molecule has 0 amide bonds. The van der Waals surface area contributed by atoms with E-state index in [1.54, 1.807) is 33.9 Å². The first-order valence-electron chi connectivity index (χ1n) is 16.8. The van der Waals surface area contributed by atoms with Crippen LogP contribution in [0.3, 0.4) is 0 Å². The topological polar surface area (TPSA) is 141 Å². The van der Waals surface area contributed by atoms with E-state index in [9.17, 15) is 34.8 Å². The molecule has 0 spiro atoms. The lowest BCUT2D eigenvalue weighted by molar-refractivity contribution is -0.178. The molecule has 2 fully saturated rings. The van der Waals surface area contributed by atoms with Crippen LogP contribution in [0.25, 0.3) is 16.9 Å². The lowest BCUT2D eigenvalue weighted by Crippen LogP contribution is -2.69. The summed E-state index contributed by atoms with van der Waals surface area (Å²) >= 11 is 0. The van der Waals surface area contributed by atoms with Crippen molar-refractivity contribution in [2.24, 2.45) is 28.6 Å². The number of ether oxygens (including phenoxy) is 1. The van der Waals surface area contributed by atoms with Crippen LogP contribution in [0.15, 0.2) is 47.2 Å². The number of phenols is 1. The van der Waals surface area contributed by atoms with Gasteiger partial charge in [0.25, 0.3) is 0 Å². The van der Waals surface area contributed by atoms with E-state index < -0.39 is 56.8 Å². The number of hydrogen-bond acceptors (Lipinski definition) is 8. The first-order chi connectivity index (χ1) is 22.1. The summed E-state index contributed by atoms with van der Waals surface area (Å²) in [7, 11) is 1.60. The Balaban J connectivity index is 1.56. The highest BCUT2D eigenvalue weighted by Crippen LogP contribution is 2.65. The number of benzene rings is 2. The second-order valence-corrected chi connectivity index (χ2v) is 15.2. The van der Waals surface area contributed by atoms with Gasteiger partial charge < -0.3 is 25.2 Å². The largest absolute Gasteiger partial charge is 0.508 e. The van der Waals surface area contributed by atoms with Crippen LogP contribution in [0, 0.1) is 28.6 Å². The third-order valence-electron chi connectivity index (χ3n) is 11.7. The minimum absolute atomic E-state index is 0.0405. The van der Waals surface area contributed by atoms with Crippen molar-refractivity contribution < 1.29 is 39.5 Å². The molecule has 2 aromatic carbocycles. The predicted molar refractivity (Wildman–Crippen MR) is 178 cm³/mol. The van der Waals surface area contributed by atoms with Gasteiger partial charge in [-0.15, -0.1) is 0 Å². The zero-order valence-electron chi connectivity index (χ0n) is 28.2. The second kappa shape index (κ2) is 11.4. The van der Waals surface area contributed by atoms with Gasteiger partial charge in [-0.1, -0.05) is 71.9 Å². The van der Waals surface area contributed by atoms with E-state index in [1.807, 2.05) is 13.0 Å². The molecule has 0 bridgehead atoms. The number of Topliss-reactive ketones (excluding diaryl/α,β-unsaturated/α-hetero) is 3. The third kappa shape index (κ3) is 4.69. The van der Waals surface area contributed by atoms with Gasteiger partial charge in [0, 0.05) is 27.9 Å². The van der Waals surface area contributed by atoms with E-state index in [-0.39, 0.29) is 35.6 Å². The van der Waals surface area contributed by atoms with Crippen LogP contribution in [-0.4, -0.2) is 50.5 Å². The van der Waals surface area contributed by atoms with E-state index in [1.165, 1.54) is 43.7 Å². The number of carbonyl (C=O) groups excluding carboxylic acids is 3. The first kappa shape index (κ1) is 33.0. The molecule has 4 atom stereocenters. The molecule has 2 aromatic rings. The van der Waals surface area contributed by atoms with Crippen LogP contribution in [0.2, 0.25) is 0 Å². The second-order valence-electron chi connectivity index (χ2n) is 15.2. The van der Waals surface area contributed by atoms with Gasteiger partial charge in [-0.05, 0) is 72.9 Å². The Hall–Kier alpha value is -3.91. The van der Waals surface area contributed by atoms with Crippen molar-refractivity contribution >= 4 is 23.1 Å². The molecule has 2 saturated carbocycles. The molecule has 4 N–H and O–H groups in total. The molecule has 47 heavy (non-hydrogen) atoms. The molecular weight excluding hydrogens is 596 g/mol. The summed E-state index contributed by atoms with van der Waals surface area (Å²) in [6.07, 6.45) is 7.35. The molecular formula is C39H46O8. The minimum Gasteiger partial charge on any atom is -0.508 e. The van der Waals surface area contributed by atoms with Crippen molar-refractivity contribution in [1.29, 1.82) is 0 Å². The fraction of sp³-hybridized carbons (Fsp3) is 0.513.